The van der Waals surface area contributed by atoms with Gasteiger partial charge < -0.3 is 9.47 Å². The second kappa shape index (κ2) is 8.78. The third-order valence-electron chi connectivity index (χ3n) is 4.89. The molecule has 1 aromatic rings. The third kappa shape index (κ3) is 5.03. The van der Waals surface area contributed by atoms with Gasteiger partial charge in [-0.2, -0.15) is 0 Å². The molecule has 0 aromatic heterocycles. The van der Waals surface area contributed by atoms with Gasteiger partial charge in [0.05, 0.1) is 4.92 Å². The molecule has 0 radical (unpaired) electrons. The maximum atomic E-state index is 12.1. The summed E-state index contributed by atoms with van der Waals surface area (Å²) in [4.78, 5) is 34.5. The number of ether oxygens (including phenoxy) is 2. The normalized spacial score (nSPS) is 22.7. The minimum absolute atomic E-state index is 0.184. The van der Waals surface area contributed by atoms with Crippen LogP contribution in [0.15, 0.2) is 24.3 Å². The summed E-state index contributed by atoms with van der Waals surface area (Å²) in [5.74, 6) is -0.360. The predicted octanol–water partition coefficient (Wildman–Crippen LogP) is 3.76. The number of hydrogen-bond acceptors (Lipinski definition) is 6. The fourth-order valence-electron chi connectivity index (χ4n) is 3.46. The molecule has 0 spiro atoms. The first kappa shape index (κ1) is 19.9. The molecule has 3 atom stereocenters. The van der Waals surface area contributed by atoms with Crippen LogP contribution < -0.4 is 0 Å². The van der Waals surface area contributed by atoms with Gasteiger partial charge in [-0.1, -0.05) is 39.3 Å². The van der Waals surface area contributed by atoms with E-state index in [0.29, 0.717) is 17.8 Å². The lowest BCUT2D eigenvalue weighted by Crippen LogP contribution is -2.36. The highest BCUT2D eigenvalue weighted by Gasteiger charge is 2.33. The van der Waals surface area contributed by atoms with Crippen LogP contribution in [0.25, 0.3) is 0 Å². The molecule has 0 N–H and O–H groups in total. The lowest BCUT2D eigenvalue weighted by Gasteiger charge is -2.36. The van der Waals surface area contributed by atoms with Crippen LogP contribution in [0, 0.1) is 27.9 Å². The molecule has 1 aliphatic carbocycles. The average Bonchev–Trinajstić information content (AvgIpc) is 2.59. The first-order chi connectivity index (χ1) is 12.3. The lowest BCUT2D eigenvalue weighted by atomic mass is 9.75. The van der Waals surface area contributed by atoms with E-state index in [1.165, 1.54) is 24.3 Å². The van der Waals surface area contributed by atoms with Gasteiger partial charge in [-0.3, -0.25) is 10.1 Å². The molecule has 2 rings (SSSR count). The summed E-state index contributed by atoms with van der Waals surface area (Å²) < 4.78 is 10.5. The number of nitrogens with zero attached hydrogens (tertiary/aromatic N) is 1. The van der Waals surface area contributed by atoms with Crippen molar-refractivity contribution in [3.63, 3.8) is 0 Å². The van der Waals surface area contributed by atoms with Gasteiger partial charge in [0.1, 0.15) is 11.7 Å². The van der Waals surface area contributed by atoms with Crippen molar-refractivity contribution in [1.82, 2.24) is 0 Å². The van der Waals surface area contributed by atoms with Gasteiger partial charge in [-0.05, 0) is 36.7 Å². The number of nitro benzene ring substituents is 1. The van der Waals surface area contributed by atoms with E-state index in [4.69, 9.17) is 9.47 Å². The van der Waals surface area contributed by atoms with Crippen LogP contribution in [-0.4, -0.2) is 29.6 Å². The van der Waals surface area contributed by atoms with Crippen molar-refractivity contribution in [1.29, 1.82) is 0 Å². The molecule has 142 valence electrons. The molecule has 0 unspecified atom stereocenters. The SMILES string of the molecule is CC(C)[C@@H]1CC[C@@H](C)C[C@H]1OC(=O)COC(=O)c1ccccc1[N+](=O)[O-]. The fraction of sp³-hybridized carbons (Fsp3) is 0.579. The number of hydrogen-bond donors (Lipinski definition) is 0. The van der Waals surface area contributed by atoms with E-state index in [2.05, 4.69) is 20.8 Å². The Morgan fingerprint density at radius 2 is 1.96 bits per heavy atom. The van der Waals surface area contributed by atoms with Crippen molar-refractivity contribution in [2.24, 2.45) is 17.8 Å². The lowest BCUT2D eigenvalue weighted by molar-refractivity contribution is -0.385. The summed E-state index contributed by atoms with van der Waals surface area (Å²) in [7, 11) is 0. The van der Waals surface area contributed by atoms with Crippen LogP contribution in [0.3, 0.4) is 0 Å². The summed E-state index contributed by atoms with van der Waals surface area (Å²) in [6.45, 7) is 5.79. The highest BCUT2D eigenvalue weighted by Crippen LogP contribution is 2.35. The third-order valence-corrected chi connectivity index (χ3v) is 4.89. The van der Waals surface area contributed by atoms with E-state index >= 15 is 0 Å². The molecular formula is C19H25NO6. The van der Waals surface area contributed by atoms with E-state index < -0.39 is 23.5 Å². The van der Waals surface area contributed by atoms with Gasteiger partial charge in [0.2, 0.25) is 0 Å². The molecule has 1 saturated carbocycles. The van der Waals surface area contributed by atoms with Crippen molar-refractivity contribution < 1.29 is 24.0 Å². The Balaban J connectivity index is 1.94. The molecule has 7 heteroatoms. The Kier molecular flexibility index (Phi) is 6.71. The zero-order valence-corrected chi connectivity index (χ0v) is 15.3. The number of benzene rings is 1. The molecule has 26 heavy (non-hydrogen) atoms. The van der Waals surface area contributed by atoms with Gasteiger partial charge in [-0.25, -0.2) is 9.59 Å². The topological polar surface area (TPSA) is 95.7 Å². The summed E-state index contributed by atoms with van der Waals surface area (Å²) in [5.41, 5.74) is -0.538. The van der Waals surface area contributed by atoms with Crippen molar-refractivity contribution in [3.8, 4) is 0 Å². The first-order valence-electron chi connectivity index (χ1n) is 8.89. The molecular weight excluding hydrogens is 338 g/mol. The molecule has 1 aromatic carbocycles. The summed E-state index contributed by atoms with van der Waals surface area (Å²) in [6.07, 6.45) is 2.74. The number of rotatable bonds is 6. The first-order valence-corrected chi connectivity index (χ1v) is 8.89. The molecule has 0 heterocycles. The Hall–Kier alpha value is -2.44. The van der Waals surface area contributed by atoms with Crippen molar-refractivity contribution in [2.75, 3.05) is 6.61 Å². The number of para-hydroxylation sites is 1. The monoisotopic (exact) mass is 363 g/mol. The van der Waals surface area contributed by atoms with Gasteiger partial charge in [0, 0.05) is 6.07 Å². The minimum atomic E-state index is -0.910. The maximum absolute atomic E-state index is 12.1. The minimum Gasteiger partial charge on any atom is -0.460 e. The van der Waals surface area contributed by atoms with E-state index in [9.17, 15) is 19.7 Å². The highest BCUT2D eigenvalue weighted by atomic mass is 16.6. The molecule has 0 saturated heterocycles. The second-order valence-electron chi connectivity index (χ2n) is 7.20. The van der Waals surface area contributed by atoms with Crippen LogP contribution in [0.5, 0.6) is 0 Å². The van der Waals surface area contributed by atoms with Crippen LogP contribution in [0.1, 0.15) is 50.4 Å². The zero-order valence-electron chi connectivity index (χ0n) is 15.3. The smallest absolute Gasteiger partial charge is 0.345 e. The number of nitro groups is 1. The molecule has 7 nitrogen and oxygen atoms in total. The quantitative estimate of drug-likeness (QED) is 0.434. The largest absolute Gasteiger partial charge is 0.460 e. The van der Waals surface area contributed by atoms with Crippen LogP contribution in [0.2, 0.25) is 0 Å². The van der Waals surface area contributed by atoms with Crippen LogP contribution >= 0.6 is 0 Å². The van der Waals surface area contributed by atoms with Gasteiger partial charge in [-0.15, -0.1) is 0 Å². The summed E-state index contributed by atoms with van der Waals surface area (Å²) in [6, 6.07) is 5.47. The Bertz CT molecular complexity index is 672. The van der Waals surface area contributed by atoms with E-state index in [1.807, 2.05) is 0 Å². The molecule has 0 amide bonds. The Morgan fingerprint density at radius 3 is 2.62 bits per heavy atom. The summed E-state index contributed by atoms with van der Waals surface area (Å²) in [5, 5.41) is 11.0. The van der Waals surface area contributed by atoms with Crippen LogP contribution in [-0.2, 0) is 14.3 Å². The highest BCUT2D eigenvalue weighted by molar-refractivity contribution is 5.94. The average molecular weight is 363 g/mol. The maximum Gasteiger partial charge on any atom is 0.345 e. The Morgan fingerprint density at radius 1 is 1.27 bits per heavy atom. The Labute approximate surface area is 152 Å². The standard InChI is InChI=1S/C19H25NO6/c1-12(2)14-9-8-13(3)10-17(14)26-18(21)11-25-19(22)15-6-4-5-7-16(15)20(23)24/h4-7,12-14,17H,8-11H2,1-3H3/t13-,14+,17-/m1/s1. The van der Waals surface area contributed by atoms with Gasteiger partial charge in [0.25, 0.3) is 5.69 Å². The van der Waals surface area contributed by atoms with E-state index in [1.54, 1.807) is 0 Å². The fourth-order valence-corrected chi connectivity index (χ4v) is 3.46. The zero-order chi connectivity index (χ0) is 19.3. The second-order valence-corrected chi connectivity index (χ2v) is 7.20. The number of esters is 2. The van der Waals surface area contributed by atoms with Crippen molar-refractivity contribution in [2.45, 2.75) is 46.1 Å². The van der Waals surface area contributed by atoms with Crippen molar-refractivity contribution >= 4 is 17.6 Å². The molecule has 0 aliphatic heterocycles. The number of carbonyl (C=O) groups excluding carboxylic acids is 2. The van der Waals surface area contributed by atoms with Gasteiger partial charge in [0.15, 0.2) is 6.61 Å². The van der Waals surface area contributed by atoms with E-state index in [0.717, 1.165) is 19.3 Å². The predicted molar refractivity (Wildman–Crippen MR) is 94.6 cm³/mol. The molecule has 1 fully saturated rings. The molecule has 1 aliphatic rings. The van der Waals surface area contributed by atoms with Gasteiger partial charge >= 0.3 is 11.9 Å². The van der Waals surface area contributed by atoms with E-state index in [-0.39, 0.29) is 17.4 Å². The number of carbonyl (C=O) groups is 2. The summed E-state index contributed by atoms with van der Waals surface area (Å²) >= 11 is 0. The van der Waals surface area contributed by atoms with Crippen LogP contribution in [0.4, 0.5) is 5.69 Å². The van der Waals surface area contributed by atoms with Crippen molar-refractivity contribution in [3.05, 3.63) is 39.9 Å². The molecule has 0 bridgehead atoms.